The van der Waals surface area contributed by atoms with E-state index in [2.05, 4.69) is 10.3 Å². The summed E-state index contributed by atoms with van der Waals surface area (Å²) in [5.74, 6) is 0.484. The first-order valence-corrected chi connectivity index (χ1v) is 11.1. The maximum atomic E-state index is 13.0. The Labute approximate surface area is 191 Å². The van der Waals surface area contributed by atoms with Gasteiger partial charge in [0.1, 0.15) is 18.1 Å². The molecule has 1 unspecified atom stereocenters. The van der Waals surface area contributed by atoms with Crippen LogP contribution in [0, 0.1) is 6.92 Å². The van der Waals surface area contributed by atoms with Crippen molar-refractivity contribution in [3.63, 3.8) is 0 Å². The van der Waals surface area contributed by atoms with Gasteiger partial charge in [-0.05, 0) is 49.7 Å². The minimum absolute atomic E-state index is 0.00607. The summed E-state index contributed by atoms with van der Waals surface area (Å²) in [6.07, 6.45) is 0.00607. The van der Waals surface area contributed by atoms with E-state index in [9.17, 15) is 9.59 Å². The number of thiazole rings is 1. The minimum Gasteiger partial charge on any atom is -0.497 e. The number of nitrogens with one attached hydrogen (secondary N) is 1. The van der Waals surface area contributed by atoms with Crippen LogP contribution in [0.2, 0.25) is 0 Å². The second kappa shape index (κ2) is 11.3. The number of amides is 1. The molecule has 7 nitrogen and oxygen atoms in total. The van der Waals surface area contributed by atoms with E-state index in [1.165, 1.54) is 0 Å². The zero-order valence-electron chi connectivity index (χ0n) is 18.3. The van der Waals surface area contributed by atoms with Crippen LogP contribution < -0.4 is 14.8 Å². The molecule has 0 saturated carbocycles. The summed E-state index contributed by atoms with van der Waals surface area (Å²) in [5, 5.41) is 5.85. The molecule has 1 aromatic heterocycles. The third kappa shape index (κ3) is 6.55. The van der Waals surface area contributed by atoms with E-state index in [4.69, 9.17) is 14.2 Å². The molecule has 0 fully saturated rings. The van der Waals surface area contributed by atoms with Crippen molar-refractivity contribution >= 4 is 23.2 Å². The van der Waals surface area contributed by atoms with Crippen LogP contribution in [0.25, 0.3) is 0 Å². The number of carbonyl (C=O) groups is 2. The zero-order chi connectivity index (χ0) is 22.9. The summed E-state index contributed by atoms with van der Waals surface area (Å²) in [7, 11) is 1.57. The van der Waals surface area contributed by atoms with E-state index < -0.39 is 12.0 Å². The van der Waals surface area contributed by atoms with E-state index in [0.717, 1.165) is 16.3 Å². The Balaban J connectivity index is 1.73. The Morgan fingerprint density at radius 2 is 1.91 bits per heavy atom. The van der Waals surface area contributed by atoms with Crippen molar-refractivity contribution in [3.8, 4) is 11.5 Å². The molecule has 1 N–H and O–H groups in total. The SMILES string of the molecule is CCOC(=O)CC(NC(=O)c1cccc(OCc2csc(C)n2)c1)c1cccc(OC)c1. The van der Waals surface area contributed by atoms with Crippen molar-refractivity contribution in [2.45, 2.75) is 32.9 Å². The average Bonchev–Trinajstić information content (AvgIpc) is 3.22. The monoisotopic (exact) mass is 454 g/mol. The van der Waals surface area contributed by atoms with Crippen LogP contribution in [-0.2, 0) is 16.1 Å². The molecule has 1 amide bonds. The third-order valence-corrected chi connectivity index (χ3v) is 5.45. The standard InChI is InChI=1S/C24H26N2O5S/c1-4-30-23(27)13-22(17-7-5-9-20(11-17)29-3)26-24(28)18-8-6-10-21(12-18)31-14-19-15-32-16(2)25-19/h5-12,15,22H,4,13-14H2,1-3H3,(H,26,28). The number of methoxy groups -OCH3 is 1. The first-order valence-electron chi connectivity index (χ1n) is 10.2. The number of esters is 1. The van der Waals surface area contributed by atoms with Crippen LogP contribution in [0.15, 0.2) is 53.9 Å². The lowest BCUT2D eigenvalue weighted by molar-refractivity contribution is -0.143. The van der Waals surface area contributed by atoms with Gasteiger partial charge in [-0.2, -0.15) is 0 Å². The van der Waals surface area contributed by atoms with Crippen LogP contribution in [0.4, 0.5) is 0 Å². The number of hydrogen-bond donors (Lipinski definition) is 1. The molecule has 8 heteroatoms. The Morgan fingerprint density at radius 3 is 2.62 bits per heavy atom. The van der Waals surface area contributed by atoms with Gasteiger partial charge in [-0.25, -0.2) is 4.98 Å². The molecule has 32 heavy (non-hydrogen) atoms. The molecule has 2 aromatic carbocycles. The lowest BCUT2D eigenvalue weighted by Crippen LogP contribution is -2.30. The van der Waals surface area contributed by atoms with Crippen LogP contribution in [0.5, 0.6) is 11.5 Å². The zero-order valence-corrected chi connectivity index (χ0v) is 19.1. The highest BCUT2D eigenvalue weighted by molar-refractivity contribution is 7.09. The van der Waals surface area contributed by atoms with Crippen LogP contribution in [0.1, 0.15) is 46.0 Å². The Hall–Kier alpha value is -3.39. The van der Waals surface area contributed by atoms with E-state index in [-0.39, 0.29) is 18.9 Å². The molecular weight excluding hydrogens is 428 g/mol. The van der Waals surface area contributed by atoms with Gasteiger partial charge < -0.3 is 19.5 Å². The topological polar surface area (TPSA) is 86.8 Å². The van der Waals surface area contributed by atoms with Gasteiger partial charge in [0, 0.05) is 10.9 Å². The fourth-order valence-electron chi connectivity index (χ4n) is 3.10. The highest BCUT2D eigenvalue weighted by Gasteiger charge is 2.21. The van der Waals surface area contributed by atoms with Crippen LogP contribution in [0.3, 0.4) is 0 Å². The van der Waals surface area contributed by atoms with Gasteiger partial charge in [0.05, 0.1) is 36.9 Å². The summed E-state index contributed by atoms with van der Waals surface area (Å²) < 4.78 is 16.2. The highest BCUT2D eigenvalue weighted by atomic mass is 32.1. The molecule has 0 saturated heterocycles. The lowest BCUT2D eigenvalue weighted by atomic mass is 10.0. The minimum atomic E-state index is -0.570. The van der Waals surface area contributed by atoms with E-state index >= 15 is 0 Å². The van der Waals surface area contributed by atoms with Gasteiger partial charge in [0.25, 0.3) is 5.91 Å². The third-order valence-electron chi connectivity index (χ3n) is 4.63. The predicted octanol–water partition coefficient (Wildman–Crippen LogP) is 4.46. The van der Waals surface area contributed by atoms with Gasteiger partial charge in [0.2, 0.25) is 0 Å². The molecule has 0 spiro atoms. The number of rotatable bonds is 10. The largest absolute Gasteiger partial charge is 0.497 e. The molecule has 0 aliphatic carbocycles. The molecule has 0 aliphatic heterocycles. The highest BCUT2D eigenvalue weighted by Crippen LogP contribution is 2.23. The second-order valence-corrected chi connectivity index (χ2v) is 8.05. The summed E-state index contributed by atoms with van der Waals surface area (Å²) in [6, 6.07) is 13.6. The number of ether oxygens (including phenoxy) is 3. The Kier molecular flexibility index (Phi) is 8.21. The quantitative estimate of drug-likeness (QED) is 0.455. The Bertz CT molecular complexity index is 1070. The molecular formula is C24H26N2O5S. The fraction of sp³-hybridized carbons (Fsp3) is 0.292. The lowest BCUT2D eigenvalue weighted by Gasteiger charge is -2.19. The van der Waals surface area contributed by atoms with Crippen molar-refractivity contribution in [2.24, 2.45) is 0 Å². The van der Waals surface area contributed by atoms with Crippen molar-refractivity contribution in [2.75, 3.05) is 13.7 Å². The smallest absolute Gasteiger partial charge is 0.308 e. The molecule has 0 aliphatic rings. The van der Waals surface area contributed by atoms with Crippen molar-refractivity contribution in [1.29, 1.82) is 0 Å². The number of aromatic nitrogens is 1. The molecule has 3 aromatic rings. The van der Waals surface area contributed by atoms with Gasteiger partial charge in [-0.3, -0.25) is 9.59 Å². The fourth-order valence-corrected chi connectivity index (χ4v) is 3.69. The summed E-state index contributed by atoms with van der Waals surface area (Å²) in [4.78, 5) is 29.5. The number of aryl methyl sites for hydroxylation is 1. The van der Waals surface area contributed by atoms with Crippen molar-refractivity contribution in [3.05, 3.63) is 75.7 Å². The van der Waals surface area contributed by atoms with Crippen LogP contribution in [-0.4, -0.2) is 30.6 Å². The van der Waals surface area contributed by atoms with E-state index in [1.807, 2.05) is 24.4 Å². The van der Waals surface area contributed by atoms with Gasteiger partial charge in [-0.15, -0.1) is 11.3 Å². The molecule has 0 bridgehead atoms. The van der Waals surface area contributed by atoms with Gasteiger partial charge in [0.15, 0.2) is 0 Å². The van der Waals surface area contributed by atoms with Gasteiger partial charge in [-0.1, -0.05) is 18.2 Å². The first-order chi connectivity index (χ1) is 15.5. The van der Waals surface area contributed by atoms with Gasteiger partial charge >= 0.3 is 5.97 Å². The normalized spacial score (nSPS) is 11.5. The number of nitrogens with zero attached hydrogens (tertiary/aromatic N) is 1. The second-order valence-electron chi connectivity index (χ2n) is 6.99. The summed E-state index contributed by atoms with van der Waals surface area (Å²) in [5.41, 5.74) is 2.01. The maximum Gasteiger partial charge on any atom is 0.308 e. The van der Waals surface area contributed by atoms with Crippen molar-refractivity contribution < 1.29 is 23.8 Å². The molecule has 3 rings (SSSR count). The average molecular weight is 455 g/mol. The number of hydrogen-bond acceptors (Lipinski definition) is 7. The number of carbonyl (C=O) groups excluding carboxylic acids is 2. The van der Waals surface area contributed by atoms with Crippen LogP contribution >= 0.6 is 11.3 Å². The molecule has 1 heterocycles. The van der Waals surface area contributed by atoms with Crippen molar-refractivity contribution in [1.82, 2.24) is 10.3 Å². The summed E-state index contributed by atoms with van der Waals surface area (Å²) >= 11 is 1.56. The molecule has 1 atom stereocenters. The van der Waals surface area contributed by atoms with E-state index in [1.54, 1.807) is 61.8 Å². The number of benzene rings is 2. The predicted molar refractivity (Wildman–Crippen MR) is 122 cm³/mol. The van der Waals surface area contributed by atoms with E-state index in [0.29, 0.717) is 23.7 Å². The summed E-state index contributed by atoms with van der Waals surface area (Å²) in [6.45, 7) is 4.28. The maximum absolute atomic E-state index is 13.0. The molecule has 0 radical (unpaired) electrons. The first kappa shape index (κ1) is 23.3. The molecule has 168 valence electrons. The Morgan fingerprint density at radius 1 is 1.12 bits per heavy atom.